The third-order valence-corrected chi connectivity index (χ3v) is 7.62. The summed E-state index contributed by atoms with van der Waals surface area (Å²) in [6.07, 6.45) is -3.57. The minimum absolute atomic E-state index is 0.0970. The van der Waals surface area contributed by atoms with E-state index in [-0.39, 0.29) is 37.2 Å². The van der Waals surface area contributed by atoms with Gasteiger partial charge in [-0.05, 0) is 56.0 Å². The van der Waals surface area contributed by atoms with Crippen molar-refractivity contribution in [1.82, 2.24) is 9.62 Å². The van der Waals surface area contributed by atoms with Crippen LogP contribution < -0.4 is 10.1 Å². The molecule has 33 heavy (non-hydrogen) atoms. The largest absolute Gasteiger partial charge is 0.484 e. The van der Waals surface area contributed by atoms with Gasteiger partial charge in [0.05, 0.1) is 4.90 Å². The van der Waals surface area contributed by atoms with Crippen molar-refractivity contribution in [3.8, 4) is 5.75 Å². The SMILES string of the molecule is Cc1ccc(S(=O)(=O)N2CCC(C(=O)NCc3ccc(OCC(F)(F)F)cc3)CC2)c(C)c1. The van der Waals surface area contributed by atoms with Crippen LogP contribution in [0.25, 0.3) is 0 Å². The maximum atomic E-state index is 13.0. The number of carbonyl (C=O) groups is 1. The molecule has 3 rings (SSSR count). The van der Waals surface area contributed by atoms with Gasteiger partial charge < -0.3 is 10.1 Å². The summed E-state index contributed by atoms with van der Waals surface area (Å²) in [6, 6.07) is 11.2. The summed E-state index contributed by atoms with van der Waals surface area (Å²) >= 11 is 0. The van der Waals surface area contributed by atoms with Gasteiger partial charge >= 0.3 is 6.18 Å². The molecule has 1 aliphatic heterocycles. The monoisotopic (exact) mass is 484 g/mol. The zero-order valence-corrected chi connectivity index (χ0v) is 19.3. The Morgan fingerprint density at radius 2 is 1.73 bits per heavy atom. The van der Waals surface area contributed by atoms with Crippen molar-refractivity contribution in [2.45, 2.75) is 44.3 Å². The molecular weight excluding hydrogens is 457 g/mol. The van der Waals surface area contributed by atoms with Crippen molar-refractivity contribution in [1.29, 1.82) is 0 Å². The normalized spacial score (nSPS) is 15.9. The molecule has 1 heterocycles. The van der Waals surface area contributed by atoms with Gasteiger partial charge in [0.15, 0.2) is 6.61 Å². The number of hydrogen-bond donors (Lipinski definition) is 1. The van der Waals surface area contributed by atoms with Gasteiger partial charge in [0.1, 0.15) is 5.75 Å². The predicted molar refractivity (Wildman–Crippen MR) is 117 cm³/mol. The molecule has 6 nitrogen and oxygen atoms in total. The minimum Gasteiger partial charge on any atom is -0.484 e. The van der Waals surface area contributed by atoms with Crippen LogP contribution in [0.1, 0.15) is 29.5 Å². The van der Waals surface area contributed by atoms with E-state index < -0.39 is 22.8 Å². The van der Waals surface area contributed by atoms with Crippen LogP contribution in [0.5, 0.6) is 5.75 Å². The lowest BCUT2D eigenvalue weighted by molar-refractivity contribution is -0.153. The summed E-state index contributed by atoms with van der Waals surface area (Å²) in [6.45, 7) is 3.07. The van der Waals surface area contributed by atoms with Crippen molar-refractivity contribution in [3.63, 3.8) is 0 Å². The molecule has 180 valence electrons. The first-order valence-corrected chi connectivity index (χ1v) is 12.0. The number of ether oxygens (including phenoxy) is 1. The molecule has 0 aromatic heterocycles. The van der Waals surface area contributed by atoms with Crippen LogP contribution in [0.3, 0.4) is 0 Å². The molecule has 1 fully saturated rings. The Kier molecular flexibility index (Phi) is 7.69. The summed E-state index contributed by atoms with van der Waals surface area (Å²) in [5, 5.41) is 2.82. The van der Waals surface area contributed by atoms with Gasteiger partial charge in [-0.1, -0.05) is 29.8 Å². The zero-order chi connectivity index (χ0) is 24.2. The summed E-state index contributed by atoms with van der Waals surface area (Å²) in [4.78, 5) is 12.8. The van der Waals surface area contributed by atoms with E-state index in [0.29, 0.717) is 23.3 Å². The van der Waals surface area contributed by atoms with E-state index >= 15 is 0 Å². The zero-order valence-electron chi connectivity index (χ0n) is 18.5. The number of aryl methyl sites for hydroxylation is 2. The first-order valence-electron chi connectivity index (χ1n) is 10.6. The lowest BCUT2D eigenvalue weighted by Gasteiger charge is -2.31. The molecule has 0 saturated carbocycles. The Balaban J connectivity index is 1.49. The highest BCUT2D eigenvalue weighted by atomic mass is 32.2. The number of piperidine rings is 1. The Morgan fingerprint density at radius 3 is 2.30 bits per heavy atom. The second-order valence-electron chi connectivity index (χ2n) is 8.21. The van der Waals surface area contributed by atoms with Crippen molar-refractivity contribution in [2.24, 2.45) is 5.92 Å². The van der Waals surface area contributed by atoms with Crippen molar-refractivity contribution in [3.05, 3.63) is 59.2 Å². The standard InChI is InChI=1S/C23H27F3N2O4S/c1-16-3-8-21(17(2)13-16)33(30,31)28-11-9-19(10-12-28)22(29)27-14-18-4-6-20(7-5-18)32-15-23(24,25)26/h3-8,13,19H,9-12,14-15H2,1-2H3,(H,27,29). The number of nitrogens with zero attached hydrogens (tertiary/aromatic N) is 1. The number of rotatable bonds is 7. The van der Waals surface area contributed by atoms with Gasteiger partial charge in [-0.2, -0.15) is 17.5 Å². The van der Waals surface area contributed by atoms with Gasteiger partial charge in [0.25, 0.3) is 0 Å². The number of halogens is 3. The molecule has 0 radical (unpaired) electrons. The number of hydrogen-bond acceptors (Lipinski definition) is 4. The second-order valence-corrected chi connectivity index (χ2v) is 10.1. The maximum absolute atomic E-state index is 13.0. The summed E-state index contributed by atoms with van der Waals surface area (Å²) in [5.74, 6) is -0.374. The average molecular weight is 485 g/mol. The molecule has 0 spiro atoms. The van der Waals surface area contributed by atoms with Crippen molar-refractivity contribution in [2.75, 3.05) is 19.7 Å². The molecule has 2 aromatic carbocycles. The number of nitrogens with one attached hydrogen (secondary N) is 1. The molecule has 1 amide bonds. The number of carbonyl (C=O) groups excluding carboxylic acids is 1. The lowest BCUT2D eigenvalue weighted by atomic mass is 9.97. The number of benzene rings is 2. The van der Waals surface area contributed by atoms with Crippen molar-refractivity contribution < 1.29 is 31.1 Å². The smallest absolute Gasteiger partial charge is 0.422 e. The third kappa shape index (κ3) is 6.70. The molecule has 1 aliphatic rings. The highest BCUT2D eigenvalue weighted by Gasteiger charge is 2.32. The summed E-state index contributed by atoms with van der Waals surface area (Å²) in [7, 11) is -3.61. The predicted octanol–water partition coefficient (Wildman–Crippen LogP) is 3.96. The fourth-order valence-electron chi connectivity index (χ4n) is 3.79. The Labute approximate surface area is 191 Å². The van der Waals surface area contributed by atoms with Crippen LogP contribution >= 0.6 is 0 Å². The van der Waals surface area contributed by atoms with Gasteiger partial charge in [0.2, 0.25) is 15.9 Å². The fourth-order valence-corrected chi connectivity index (χ4v) is 5.46. The average Bonchev–Trinajstić information content (AvgIpc) is 2.76. The topological polar surface area (TPSA) is 75.7 Å². The molecule has 0 unspecified atom stereocenters. The molecule has 0 aliphatic carbocycles. The number of amides is 1. The first-order chi connectivity index (χ1) is 15.5. The van der Waals surface area contributed by atoms with Gasteiger partial charge in [0, 0.05) is 25.6 Å². The highest BCUT2D eigenvalue weighted by molar-refractivity contribution is 7.89. The van der Waals surface area contributed by atoms with Gasteiger partial charge in [-0.25, -0.2) is 8.42 Å². The highest BCUT2D eigenvalue weighted by Crippen LogP contribution is 2.26. The van der Waals surface area contributed by atoms with Crippen molar-refractivity contribution >= 4 is 15.9 Å². The quantitative estimate of drug-likeness (QED) is 0.646. The van der Waals surface area contributed by atoms with Gasteiger partial charge in [-0.3, -0.25) is 4.79 Å². The third-order valence-electron chi connectivity index (χ3n) is 5.57. The van der Waals surface area contributed by atoms with E-state index in [2.05, 4.69) is 10.1 Å². The fraction of sp³-hybridized carbons (Fsp3) is 0.435. The van der Waals surface area contributed by atoms with Crippen LogP contribution in [0.15, 0.2) is 47.4 Å². The summed E-state index contributed by atoms with van der Waals surface area (Å²) < 4.78 is 68.7. The maximum Gasteiger partial charge on any atom is 0.422 e. The van der Waals surface area contributed by atoms with Crippen LogP contribution in [-0.4, -0.2) is 44.5 Å². The van der Waals surface area contributed by atoms with Gasteiger partial charge in [-0.15, -0.1) is 0 Å². The van der Waals surface area contributed by atoms with Crippen LogP contribution in [0.2, 0.25) is 0 Å². The van der Waals surface area contributed by atoms with E-state index in [0.717, 1.165) is 11.1 Å². The number of alkyl halides is 3. The van der Waals surface area contributed by atoms with E-state index in [9.17, 15) is 26.4 Å². The molecule has 1 N–H and O–H groups in total. The van der Waals surface area contributed by atoms with Crippen LogP contribution in [0.4, 0.5) is 13.2 Å². The molecule has 0 bridgehead atoms. The Hall–Kier alpha value is -2.59. The molecule has 2 aromatic rings. The first kappa shape index (κ1) is 25.0. The van der Waals surface area contributed by atoms with E-state index in [4.69, 9.17) is 0 Å². The second kappa shape index (κ2) is 10.1. The lowest BCUT2D eigenvalue weighted by Crippen LogP contribution is -2.43. The van der Waals surface area contributed by atoms with E-state index in [1.807, 2.05) is 13.0 Å². The molecular formula is C23H27F3N2O4S. The van der Waals surface area contributed by atoms with Crippen LogP contribution in [0, 0.1) is 19.8 Å². The Morgan fingerprint density at radius 1 is 1.09 bits per heavy atom. The summed E-state index contributed by atoms with van der Waals surface area (Å²) in [5.41, 5.74) is 2.41. The van der Waals surface area contributed by atoms with E-state index in [1.54, 1.807) is 31.2 Å². The molecule has 1 saturated heterocycles. The molecule has 10 heteroatoms. The minimum atomic E-state index is -4.40. The van der Waals surface area contributed by atoms with E-state index in [1.165, 1.54) is 16.4 Å². The number of sulfonamides is 1. The Bertz CT molecular complexity index is 1080. The molecule has 0 atom stereocenters. The van der Waals surface area contributed by atoms with Crippen LogP contribution in [-0.2, 0) is 21.4 Å².